The van der Waals surface area contributed by atoms with Crippen molar-refractivity contribution in [3.8, 4) is 0 Å². The standard InChI is InChI=1S/C15H21NO/c1-11-8-14(6-7-17-11)16-15-9-12-4-2-3-5-13(12)10-15/h2-5,11,14-16H,6-10H2,1H3. The molecule has 1 heterocycles. The van der Waals surface area contributed by atoms with Crippen molar-refractivity contribution >= 4 is 0 Å². The Morgan fingerprint density at radius 2 is 1.82 bits per heavy atom. The number of rotatable bonds is 2. The number of nitrogens with one attached hydrogen (secondary N) is 1. The second-order valence-corrected chi connectivity index (χ2v) is 5.44. The summed E-state index contributed by atoms with van der Waals surface area (Å²) in [7, 11) is 0. The lowest BCUT2D eigenvalue weighted by Gasteiger charge is -2.30. The summed E-state index contributed by atoms with van der Waals surface area (Å²) in [5.41, 5.74) is 3.07. The highest BCUT2D eigenvalue weighted by Gasteiger charge is 2.26. The first-order chi connectivity index (χ1) is 8.31. The van der Waals surface area contributed by atoms with Gasteiger partial charge in [0.25, 0.3) is 0 Å². The van der Waals surface area contributed by atoms with Gasteiger partial charge < -0.3 is 10.1 Å². The molecule has 1 saturated heterocycles. The molecule has 1 N–H and O–H groups in total. The van der Waals surface area contributed by atoms with Gasteiger partial charge in [-0.3, -0.25) is 0 Å². The monoisotopic (exact) mass is 231 g/mol. The quantitative estimate of drug-likeness (QED) is 0.843. The smallest absolute Gasteiger partial charge is 0.0561 e. The lowest BCUT2D eigenvalue weighted by Crippen LogP contribution is -2.43. The fourth-order valence-electron chi connectivity index (χ4n) is 3.16. The molecule has 1 aliphatic heterocycles. The van der Waals surface area contributed by atoms with Gasteiger partial charge in [-0.15, -0.1) is 0 Å². The van der Waals surface area contributed by atoms with Crippen LogP contribution in [0.4, 0.5) is 0 Å². The Balaban J connectivity index is 1.58. The molecule has 2 aliphatic rings. The molecule has 0 spiro atoms. The number of ether oxygens (including phenoxy) is 1. The van der Waals surface area contributed by atoms with Crippen LogP contribution in [0.1, 0.15) is 30.9 Å². The summed E-state index contributed by atoms with van der Waals surface area (Å²) in [5, 5.41) is 3.82. The predicted octanol–water partition coefficient (Wildman–Crippen LogP) is 2.31. The fourth-order valence-corrected chi connectivity index (χ4v) is 3.16. The Hall–Kier alpha value is -0.860. The van der Waals surface area contributed by atoms with Crippen LogP contribution in [0.3, 0.4) is 0 Å². The summed E-state index contributed by atoms with van der Waals surface area (Å²) >= 11 is 0. The Morgan fingerprint density at radius 3 is 2.47 bits per heavy atom. The third kappa shape index (κ3) is 2.53. The van der Waals surface area contributed by atoms with Crippen LogP contribution >= 0.6 is 0 Å². The molecule has 2 unspecified atom stereocenters. The van der Waals surface area contributed by atoms with Gasteiger partial charge in [0.05, 0.1) is 6.10 Å². The van der Waals surface area contributed by atoms with Crippen molar-refractivity contribution in [1.82, 2.24) is 5.32 Å². The first kappa shape index (κ1) is 11.2. The van der Waals surface area contributed by atoms with Gasteiger partial charge in [0.2, 0.25) is 0 Å². The van der Waals surface area contributed by atoms with Crippen LogP contribution in [0, 0.1) is 0 Å². The van der Waals surface area contributed by atoms with Crippen LogP contribution in [0.25, 0.3) is 0 Å². The van der Waals surface area contributed by atoms with Gasteiger partial charge in [-0.1, -0.05) is 24.3 Å². The van der Waals surface area contributed by atoms with E-state index in [-0.39, 0.29) is 0 Å². The summed E-state index contributed by atoms with van der Waals surface area (Å²) in [6.07, 6.45) is 5.14. The molecule has 2 atom stereocenters. The van der Waals surface area contributed by atoms with E-state index in [9.17, 15) is 0 Å². The highest BCUT2D eigenvalue weighted by molar-refractivity contribution is 5.33. The molecule has 0 amide bonds. The van der Waals surface area contributed by atoms with Gasteiger partial charge >= 0.3 is 0 Å². The van der Waals surface area contributed by atoms with Crippen molar-refractivity contribution in [3.05, 3.63) is 35.4 Å². The highest BCUT2D eigenvalue weighted by Crippen LogP contribution is 2.23. The van der Waals surface area contributed by atoms with Crippen molar-refractivity contribution in [2.75, 3.05) is 6.61 Å². The van der Waals surface area contributed by atoms with Crippen molar-refractivity contribution in [1.29, 1.82) is 0 Å². The number of fused-ring (bicyclic) bond motifs is 1. The topological polar surface area (TPSA) is 21.3 Å². The normalized spacial score (nSPS) is 29.2. The molecule has 0 bridgehead atoms. The summed E-state index contributed by atoms with van der Waals surface area (Å²) < 4.78 is 5.59. The largest absolute Gasteiger partial charge is 0.378 e. The number of hydrogen-bond donors (Lipinski definition) is 1. The number of benzene rings is 1. The maximum Gasteiger partial charge on any atom is 0.0561 e. The zero-order valence-corrected chi connectivity index (χ0v) is 10.5. The Labute approximate surface area is 103 Å². The summed E-state index contributed by atoms with van der Waals surface area (Å²) in [6.45, 7) is 3.09. The van der Waals surface area contributed by atoms with Gasteiger partial charge in [-0.2, -0.15) is 0 Å². The van der Waals surface area contributed by atoms with Crippen molar-refractivity contribution in [2.24, 2.45) is 0 Å². The maximum absolute atomic E-state index is 5.59. The van der Waals surface area contributed by atoms with Crippen molar-refractivity contribution in [2.45, 2.75) is 50.8 Å². The maximum atomic E-state index is 5.59. The van der Waals surface area contributed by atoms with Gasteiger partial charge in [0, 0.05) is 18.7 Å². The first-order valence-corrected chi connectivity index (χ1v) is 6.75. The first-order valence-electron chi connectivity index (χ1n) is 6.75. The van der Waals surface area contributed by atoms with Gasteiger partial charge in [0.1, 0.15) is 0 Å². The van der Waals surface area contributed by atoms with E-state index >= 15 is 0 Å². The molecule has 3 rings (SSSR count). The van der Waals surface area contributed by atoms with E-state index in [0.717, 1.165) is 19.4 Å². The molecule has 0 aromatic heterocycles. The predicted molar refractivity (Wildman–Crippen MR) is 69.2 cm³/mol. The molecular weight excluding hydrogens is 210 g/mol. The Bertz CT molecular complexity index is 365. The van der Waals surface area contributed by atoms with Crippen molar-refractivity contribution in [3.63, 3.8) is 0 Å². The average Bonchev–Trinajstić information content (AvgIpc) is 2.71. The van der Waals surface area contributed by atoms with Crippen molar-refractivity contribution < 1.29 is 4.74 Å². The SMILES string of the molecule is CC1CC(NC2Cc3ccccc3C2)CCO1. The molecule has 0 saturated carbocycles. The second kappa shape index (κ2) is 4.79. The molecule has 17 heavy (non-hydrogen) atoms. The van der Waals surface area contributed by atoms with E-state index in [1.807, 2.05) is 0 Å². The van der Waals surface area contributed by atoms with E-state index in [4.69, 9.17) is 4.74 Å². The third-order valence-corrected chi connectivity index (χ3v) is 4.01. The second-order valence-electron chi connectivity index (χ2n) is 5.44. The molecule has 1 fully saturated rings. The minimum Gasteiger partial charge on any atom is -0.378 e. The molecular formula is C15H21NO. The lowest BCUT2D eigenvalue weighted by molar-refractivity contribution is 0.0115. The van der Waals surface area contributed by atoms with Gasteiger partial charge in [0.15, 0.2) is 0 Å². The lowest BCUT2D eigenvalue weighted by atomic mass is 10.0. The fraction of sp³-hybridized carbons (Fsp3) is 0.600. The number of hydrogen-bond acceptors (Lipinski definition) is 2. The summed E-state index contributed by atoms with van der Waals surface area (Å²) in [5.74, 6) is 0. The van der Waals surface area contributed by atoms with Crippen LogP contribution in [0.2, 0.25) is 0 Å². The minimum atomic E-state index is 0.421. The van der Waals surface area contributed by atoms with Crippen LogP contribution in [0.5, 0.6) is 0 Å². The Kier molecular flexibility index (Phi) is 3.17. The van der Waals surface area contributed by atoms with E-state index in [1.165, 1.54) is 24.0 Å². The third-order valence-electron chi connectivity index (χ3n) is 4.01. The Morgan fingerprint density at radius 1 is 1.12 bits per heavy atom. The molecule has 1 aromatic rings. The molecule has 1 aromatic carbocycles. The van der Waals surface area contributed by atoms with Gasteiger partial charge in [-0.25, -0.2) is 0 Å². The van der Waals surface area contributed by atoms with Crippen LogP contribution in [0.15, 0.2) is 24.3 Å². The summed E-state index contributed by atoms with van der Waals surface area (Å²) in [4.78, 5) is 0. The summed E-state index contributed by atoms with van der Waals surface area (Å²) in [6, 6.07) is 10.1. The van der Waals surface area contributed by atoms with Crippen LogP contribution in [-0.2, 0) is 17.6 Å². The molecule has 1 aliphatic carbocycles. The average molecular weight is 231 g/mol. The molecule has 92 valence electrons. The molecule has 2 heteroatoms. The molecule has 0 radical (unpaired) electrons. The minimum absolute atomic E-state index is 0.421. The molecule has 2 nitrogen and oxygen atoms in total. The highest BCUT2D eigenvalue weighted by atomic mass is 16.5. The van der Waals surface area contributed by atoms with Crippen LogP contribution in [-0.4, -0.2) is 24.8 Å². The van der Waals surface area contributed by atoms with Crippen LogP contribution < -0.4 is 5.32 Å². The van der Waals surface area contributed by atoms with E-state index in [0.29, 0.717) is 18.2 Å². The zero-order chi connectivity index (χ0) is 11.7. The zero-order valence-electron chi connectivity index (χ0n) is 10.5. The van der Waals surface area contributed by atoms with E-state index in [2.05, 4.69) is 36.5 Å². The van der Waals surface area contributed by atoms with Gasteiger partial charge in [-0.05, 0) is 43.7 Å². The van der Waals surface area contributed by atoms with E-state index < -0.39 is 0 Å². The van der Waals surface area contributed by atoms with E-state index in [1.54, 1.807) is 0 Å².